The van der Waals surface area contributed by atoms with Gasteiger partial charge in [-0.2, -0.15) is 5.10 Å². The van der Waals surface area contributed by atoms with Crippen LogP contribution in [-0.4, -0.2) is 22.8 Å². The number of methoxy groups -OCH3 is 1. The number of nitrogens with zero attached hydrogens (tertiary/aromatic N) is 2. The van der Waals surface area contributed by atoms with Crippen LogP contribution >= 0.6 is 0 Å². The average molecular weight is 405 g/mol. The Labute approximate surface area is 171 Å². The molecule has 1 N–H and O–H groups in total. The van der Waals surface area contributed by atoms with Gasteiger partial charge in [0.15, 0.2) is 0 Å². The lowest BCUT2D eigenvalue weighted by Gasteiger charge is -2.07. The van der Waals surface area contributed by atoms with Crippen LogP contribution < -0.4 is 10.1 Å². The third kappa shape index (κ3) is 3.91. The molecule has 1 aromatic heterocycles. The summed E-state index contributed by atoms with van der Waals surface area (Å²) in [6.07, 6.45) is 1.57. The third-order valence-electron chi connectivity index (χ3n) is 4.50. The highest BCUT2D eigenvalue weighted by Crippen LogP contribution is 2.28. The van der Waals surface area contributed by atoms with Gasteiger partial charge in [-0.05, 0) is 36.4 Å². The number of benzene rings is 3. The van der Waals surface area contributed by atoms with E-state index in [-0.39, 0.29) is 11.3 Å². The first-order valence-corrected chi connectivity index (χ1v) is 9.11. The lowest BCUT2D eigenvalue weighted by molar-refractivity contribution is 0.102. The van der Waals surface area contributed by atoms with Crippen LogP contribution in [0.5, 0.6) is 5.75 Å². The van der Waals surface area contributed by atoms with Crippen molar-refractivity contribution in [3.05, 3.63) is 96.2 Å². The Hall–Kier alpha value is -4.00. The Kier molecular flexibility index (Phi) is 5.26. The van der Waals surface area contributed by atoms with Crippen LogP contribution in [0.2, 0.25) is 0 Å². The van der Waals surface area contributed by atoms with Crippen molar-refractivity contribution in [1.82, 2.24) is 9.78 Å². The van der Waals surface area contributed by atoms with E-state index in [0.29, 0.717) is 23.1 Å². The minimum Gasteiger partial charge on any atom is -0.497 e. The molecule has 0 saturated carbocycles. The van der Waals surface area contributed by atoms with Crippen molar-refractivity contribution in [3.63, 3.8) is 0 Å². The van der Waals surface area contributed by atoms with Crippen LogP contribution in [0.25, 0.3) is 16.9 Å². The molecule has 5 nitrogen and oxygen atoms in total. The predicted molar refractivity (Wildman–Crippen MR) is 110 cm³/mol. The van der Waals surface area contributed by atoms with Gasteiger partial charge in [0.25, 0.3) is 5.91 Å². The fraction of sp³-hybridized carbons (Fsp3) is 0.0435. The summed E-state index contributed by atoms with van der Waals surface area (Å²) in [5, 5.41) is 7.06. The topological polar surface area (TPSA) is 56.2 Å². The van der Waals surface area contributed by atoms with Crippen molar-refractivity contribution in [2.75, 3.05) is 12.4 Å². The summed E-state index contributed by atoms with van der Waals surface area (Å²) in [6.45, 7) is 0. The van der Waals surface area contributed by atoms with Gasteiger partial charge in [-0.15, -0.1) is 0 Å². The molecular formula is C23H17F2N3O2. The van der Waals surface area contributed by atoms with Crippen molar-refractivity contribution in [2.45, 2.75) is 0 Å². The second-order valence-corrected chi connectivity index (χ2v) is 6.48. The van der Waals surface area contributed by atoms with Gasteiger partial charge >= 0.3 is 0 Å². The van der Waals surface area contributed by atoms with E-state index < -0.39 is 17.5 Å². The first-order valence-electron chi connectivity index (χ1n) is 9.11. The smallest absolute Gasteiger partial charge is 0.259 e. The van der Waals surface area contributed by atoms with Crippen LogP contribution in [0.3, 0.4) is 0 Å². The van der Waals surface area contributed by atoms with Gasteiger partial charge in [0.05, 0.1) is 24.0 Å². The normalized spacial score (nSPS) is 10.6. The second-order valence-electron chi connectivity index (χ2n) is 6.48. The minimum atomic E-state index is -0.860. The van der Waals surface area contributed by atoms with E-state index in [1.807, 2.05) is 30.3 Å². The molecule has 7 heteroatoms. The van der Waals surface area contributed by atoms with Gasteiger partial charge in [0, 0.05) is 17.8 Å². The van der Waals surface area contributed by atoms with Crippen LogP contribution in [0.15, 0.2) is 79.0 Å². The zero-order valence-electron chi connectivity index (χ0n) is 16.0. The number of aromatic nitrogens is 2. The second kappa shape index (κ2) is 8.16. The molecule has 1 heterocycles. The number of hydrogen-bond donors (Lipinski definition) is 1. The van der Waals surface area contributed by atoms with Crippen LogP contribution in [0.1, 0.15) is 10.4 Å². The highest BCUT2D eigenvalue weighted by molar-refractivity contribution is 6.08. The van der Waals surface area contributed by atoms with Gasteiger partial charge in [-0.1, -0.05) is 30.3 Å². The molecule has 1 amide bonds. The summed E-state index contributed by atoms with van der Waals surface area (Å²) in [7, 11) is 1.55. The fourth-order valence-electron chi connectivity index (χ4n) is 3.02. The molecule has 0 spiro atoms. The molecule has 4 aromatic rings. The fourth-order valence-corrected chi connectivity index (χ4v) is 3.02. The predicted octanol–water partition coefficient (Wildman–Crippen LogP) is 5.08. The third-order valence-corrected chi connectivity index (χ3v) is 4.50. The zero-order valence-corrected chi connectivity index (χ0v) is 16.0. The number of hydrogen-bond acceptors (Lipinski definition) is 3. The first kappa shape index (κ1) is 19.3. The van der Waals surface area contributed by atoms with E-state index in [9.17, 15) is 13.6 Å². The first-order chi connectivity index (χ1) is 14.5. The SMILES string of the molecule is COc1cccc(-c2nn(-c3ccccc3)cc2C(=O)Nc2ccc(F)cc2F)c1. The van der Waals surface area contributed by atoms with Crippen molar-refractivity contribution in [3.8, 4) is 22.7 Å². The van der Waals surface area contributed by atoms with Gasteiger partial charge in [0.2, 0.25) is 0 Å². The summed E-state index contributed by atoms with van der Waals surface area (Å²) in [6, 6.07) is 19.4. The summed E-state index contributed by atoms with van der Waals surface area (Å²) < 4.78 is 34.0. The number of nitrogens with one attached hydrogen (secondary N) is 1. The lowest BCUT2D eigenvalue weighted by atomic mass is 10.1. The van der Waals surface area contributed by atoms with Crippen molar-refractivity contribution >= 4 is 11.6 Å². The Balaban J connectivity index is 1.78. The molecule has 150 valence electrons. The molecule has 0 aliphatic rings. The maximum atomic E-state index is 14.0. The highest BCUT2D eigenvalue weighted by atomic mass is 19.1. The van der Waals surface area contributed by atoms with E-state index in [4.69, 9.17) is 4.74 Å². The molecule has 0 radical (unpaired) electrons. The summed E-state index contributed by atoms with van der Waals surface area (Å²) in [4.78, 5) is 13.0. The van der Waals surface area contributed by atoms with E-state index in [1.54, 1.807) is 42.3 Å². The minimum absolute atomic E-state index is 0.120. The number of carbonyl (C=O) groups excluding carboxylic acids is 1. The molecule has 4 rings (SSSR count). The number of para-hydroxylation sites is 1. The van der Waals surface area contributed by atoms with Crippen molar-refractivity contribution < 1.29 is 18.3 Å². The van der Waals surface area contributed by atoms with E-state index in [0.717, 1.165) is 11.8 Å². The molecule has 30 heavy (non-hydrogen) atoms. The lowest BCUT2D eigenvalue weighted by Crippen LogP contribution is -2.13. The Morgan fingerprint density at radius 3 is 2.53 bits per heavy atom. The van der Waals surface area contributed by atoms with E-state index in [2.05, 4.69) is 10.4 Å². The van der Waals surface area contributed by atoms with Crippen molar-refractivity contribution in [2.24, 2.45) is 0 Å². The van der Waals surface area contributed by atoms with Crippen molar-refractivity contribution in [1.29, 1.82) is 0 Å². The number of carbonyl (C=O) groups is 1. The molecular weight excluding hydrogens is 388 g/mol. The molecule has 0 saturated heterocycles. The van der Waals surface area contributed by atoms with Crippen LogP contribution in [0, 0.1) is 11.6 Å². The van der Waals surface area contributed by atoms with Gasteiger partial charge in [0.1, 0.15) is 23.1 Å². The molecule has 0 atom stereocenters. The number of amides is 1. The number of rotatable bonds is 5. The quantitative estimate of drug-likeness (QED) is 0.504. The maximum Gasteiger partial charge on any atom is 0.259 e. The number of halogens is 2. The summed E-state index contributed by atoms with van der Waals surface area (Å²) in [5.41, 5.74) is 1.93. The molecule has 0 bridgehead atoms. The van der Waals surface area contributed by atoms with Gasteiger partial charge in [-0.3, -0.25) is 4.79 Å². The molecule has 0 aliphatic carbocycles. The Morgan fingerprint density at radius 2 is 1.80 bits per heavy atom. The molecule has 0 unspecified atom stereocenters. The summed E-state index contributed by atoms with van der Waals surface area (Å²) in [5.74, 6) is -1.54. The van der Waals surface area contributed by atoms with Gasteiger partial charge in [-0.25, -0.2) is 13.5 Å². The molecule has 0 fully saturated rings. The molecule has 0 aliphatic heterocycles. The van der Waals surface area contributed by atoms with Crippen LogP contribution in [-0.2, 0) is 0 Å². The van der Waals surface area contributed by atoms with E-state index >= 15 is 0 Å². The summed E-state index contributed by atoms with van der Waals surface area (Å²) >= 11 is 0. The largest absolute Gasteiger partial charge is 0.497 e. The maximum absolute atomic E-state index is 14.0. The number of anilines is 1. The standard InChI is InChI=1S/C23H17F2N3O2/c1-30-18-9-5-6-15(12-18)22-19(14-28(27-22)17-7-3-2-4-8-17)23(29)26-21-11-10-16(24)13-20(21)25/h2-14H,1H3,(H,26,29). The van der Waals surface area contributed by atoms with Gasteiger partial charge < -0.3 is 10.1 Å². The average Bonchev–Trinajstić information content (AvgIpc) is 3.22. The Bertz CT molecular complexity index is 1210. The zero-order chi connectivity index (χ0) is 21.1. The Morgan fingerprint density at radius 1 is 1.00 bits per heavy atom. The number of ether oxygens (including phenoxy) is 1. The van der Waals surface area contributed by atoms with Crippen LogP contribution in [0.4, 0.5) is 14.5 Å². The highest BCUT2D eigenvalue weighted by Gasteiger charge is 2.20. The monoisotopic (exact) mass is 405 g/mol. The van der Waals surface area contributed by atoms with E-state index in [1.165, 1.54) is 6.07 Å². The molecule has 3 aromatic carbocycles.